The van der Waals surface area contributed by atoms with Crippen LogP contribution in [0.1, 0.15) is 4.88 Å². The molecule has 2 nitrogen and oxygen atoms in total. The number of thiophene rings is 1. The second-order valence-electron chi connectivity index (χ2n) is 3.90. The van der Waals surface area contributed by atoms with Crippen LogP contribution in [0.2, 0.25) is 4.34 Å². The number of rotatable bonds is 1. The fourth-order valence-corrected chi connectivity index (χ4v) is 3.58. The van der Waals surface area contributed by atoms with Gasteiger partial charge in [-0.25, -0.2) is 0 Å². The van der Waals surface area contributed by atoms with Gasteiger partial charge in [0.25, 0.3) is 0 Å². The van der Waals surface area contributed by atoms with Gasteiger partial charge in [0.05, 0.1) is 21.4 Å². The Bertz CT molecular complexity index is 527. The van der Waals surface area contributed by atoms with E-state index in [-0.39, 0.29) is 0 Å². The number of halogens is 2. The molecule has 3 rings (SSSR count). The van der Waals surface area contributed by atoms with Crippen molar-refractivity contribution >= 4 is 46.1 Å². The normalized spacial score (nSPS) is 14.9. The number of anilines is 2. The van der Waals surface area contributed by atoms with E-state index in [0.29, 0.717) is 6.67 Å². The van der Waals surface area contributed by atoms with Gasteiger partial charge in [-0.15, -0.1) is 11.3 Å². The first kappa shape index (κ1) is 11.2. The molecular formula is C12H10Cl2N2S. The molecule has 2 aromatic rings. The van der Waals surface area contributed by atoms with E-state index in [2.05, 4.69) is 17.0 Å². The van der Waals surface area contributed by atoms with Crippen LogP contribution in [0.4, 0.5) is 11.4 Å². The van der Waals surface area contributed by atoms with Crippen molar-refractivity contribution in [1.29, 1.82) is 0 Å². The second-order valence-corrected chi connectivity index (χ2v) is 6.07. The number of benzene rings is 1. The van der Waals surface area contributed by atoms with E-state index in [0.717, 1.165) is 16.6 Å². The third-order valence-corrected chi connectivity index (χ3v) is 4.30. The summed E-state index contributed by atoms with van der Waals surface area (Å²) in [5.41, 5.74) is 2.21. The van der Waals surface area contributed by atoms with Crippen LogP contribution in [0.3, 0.4) is 0 Å². The minimum absolute atomic E-state index is 0.672. The zero-order chi connectivity index (χ0) is 11.8. The van der Waals surface area contributed by atoms with Crippen molar-refractivity contribution < 1.29 is 0 Å². The number of fused-ring (bicyclic) bond motifs is 1. The Morgan fingerprint density at radius 1 is 1.18 bits per heavy atom. The highest BCUT2D eigenvalue weighted by Crippen LogP contribution is 2.39. The van der Waals surface area contributed by atoms with Gasteiger partial charge in [-0.05, 0) is 18.2 Å². The van der Waals surface area contributed by atoms with Crippen LogP contribution in [0.25, 0.3) is 0 Å². The van der Waals surface area contributed by atoms with Crippen LogP contribution >= 0.6 is 34.7 Å². The Hall–Kier alpha value is -0.900. The molecule has 1 aromatic carbocycles. The Kier molecular flexibility index (Phi) is 2.90. The molecule has 0 aliphatic carbocycles. The van der Waals surface area contributed by atoms with Gasteiger partial charge >= 0.3 is 0 Å². The van der Waals surface area contributed by atoms with Crippen molar-refractivity contribution in [3.63, 3.8) is 0 Å². The summed E-state index contributed by atoms with van der Waals surface area (Å²) in [4.78, 5) is 3.43. The summed E-state index contributed by atoms with van der Waals surface area (Å²) in [5, 5.41) is 0. The molecule has 17 heavy (non-hydrogen) atoms. The number of nitrogens with zero attached hydrogens (tertiary/aromatic N) is 2. The zero-order valence-electron chi connectivity index (χ0n) is 8.94. The minimum Gasteiger partial charge on any atom is -0.347 e. The van der Waals surface area contributed by atoms with Crippen molar-refractivity contribution in [3.05, 3.63) is 45.6 Å². The largest absolute Gasteiger partial charge is 0.347 e. The topological polar surface area (TPSA) is 6.48 Å². The average molecular weight is 285 g/mol. The summed E-state index contributed by atoms with van der Waals surface area (Å²) < 4.78 is 2.50. The highest BCUT2D eigenvalue weighted by molar-refractivity contribution is 7.16. The number of hydrogen-bond donors (Lipinski definition) is 0. The summed E-state index contributed by atoms with van der Waals surface area (Å²) in [6, 6.07) is 12.2. The maximum Gasteiger partial charge on any atom is 0.106 e. The molecule has 1 aromatic heterocycles. The SMILES string of the molecule is Clc1cc2c(s1)CN(c1ccccc1)CN2Cl. The van der Waals surface area contributed by atoms with Crippen LogP contribution in [0.5, 0.6) is 0 Å². The van der Waals surface area contributed by atoms with E-state index in [1.807, 2.05) is 24.3 Å². The van der Waals surface area contributed by atoms with E-state index in [1.54, 1.807) is 15.8 Å². The Morgan fingerprint density at radius 2 is 1.94 bits per heavy atom. The van der Waals surface area contributed by atoms with Crippen LogP contribution < -0.4 is 9.32 Å². The highest BCUT2D eigenvalue weighted by atomic mass is 35.5. The van der Waals surface area contributed by atoms with Crippen molar-refractivity contribution in [2.75, 3.05) is 16.0 Å². The monoisotopic (exact) mass is 284 g/mol. The molecule has 88 valence electrons. The highest BCUT2D eigenvalue weighted by Gasteiger charge is 2.23. The first-order valence-corrected chi connectivity index (χ1v) is 6.79. The molecule has 0 bridgehead atoms. The Morgan fingerprint density at radius 3 is 2.71 bits per heavy atom. The lowest BCUT2D eigenvalue weighted by Gasteiger charge is -2.33. The number of hydrogen-bond acceptors (Lipinski definition) is 3. The van der Waals surface area contributed by atoms with Crippen molar-refractivity contribution in [3.8, 4) is 0 Å². The van der Waals surface area contributed by atoms with E-state index in [4.69, 9.17) is 23.4 Å². The molecule has 0 N–H and O–H groups in total. The predicted molar refractivity (Wildman–Crippen MR) is 75.2 cm³/mol. The van der Waals surface area contributed by atoms with Crippen LogP contribution in [0, 0.1) is 0 Å². The first-order valence-electron chi connectivity index (χ1n) is 5.25. The lowest BCUT2D eigenvalue weighted by Crippen LogP contribution is -2.36. The van der Waals surface area contributed by atoms with E-state index >= 15 is 0 Å². The smallest absolute Gasteiger partial charge is 0.106 e. The molecule has 0 amide bonds. The zero-order valence-corrected chi connectivity index (χ0v) is 11.3. The van der Waals surface area contributed by atoms with Gasteiger partial charge in [0.15, 0.2) is 0 Å². The molecule has 1 aliphatic heterocycles. The van der Waals surface area contributed by atoms with Gasteiger partial charge in [-0.3, -0.25) is 4.42 Å². The van der Waals surface area contributed by atoms with Gasteiger partial charge in [0, 0.05) is 17.5 Å². The Labute approximate surface area is 114 Å². The summed E-state index contributed by atoms with van der Waals surface area (Å²) in [7, 11) is 0. The Balaban J connectivity index is 1.93. The molecule has 0 atom stereocenters. The summed E-state index contributed by atoms with van der Waals surface area (Å²) in [5.74, 6) is 0. The quantitative estimate of drug-likeness (QED) is 0.719. The first-order chi connectivity index (χ1) is 8.24. The molecule has 0 saturated heterocycles. The second kappa shape index (κ2) is 4.41. The van der Waals surface area contributed by atoms with Crippen molar-refractivity contribution in [2.24, 2.45) is 0 Å². The lowest BCUT2D eigenvalue weighted by molar-refractivity contribution is 0.787. The molecule has 0 spiro atoms. The van der Waals surface area contributed by atoms with Gasteiger partial charge in [-0.1, -0.05) is 29.8 Å². The maximum atomic E-state index is 6.24. The summed E-state index contributed by atoms with van der Waals surface area (Å²) in [6.07, 6.45) is 0. The lowest BCUT2D eigenvalue weighted by atomic mass is 10.2. The van der Waals surface area contributed by atoms with Crippen molar-refractivity contribution in [2.45, 2.75) is 6.54 Å². The van der Waals surface area contributed by atoms with E-state index in [9.17, 15) is 0 Å². The fraction of sp³-hybridized carbons (Fsp3) is 0.167. The van der Waals surface area contributed by atoms with Crippen LogP contribution in [-0.2, 0) is 6.54 Å². The summed E-state index contributed by atoms with van der Waals surface area (Å²) >= 11 is 13.9. The van der Waals surface area contributed by atoms with Gasteiger partial charge in [0.2, 0.25) is 0 Å². The average Bonchev–Trinajstić information content (AvgIpc) is 2.71. The molecule has 0 radical (unpaired) electrons. The molecule has 0 unspecified atom stereocenters. The van der Waals surface area contributed by atoms with E-state index < -0.39 is 0 Å². The third-order valence-electron chi connectivity index (χ3n) is 2.77. The van der Waals surface area contributed by atoms with Gasteiger partial charge in [0.1, 0.15) is 6.67 Å². The van der Waals surface area contributed by atoms with Crippen LogP contribution in [-0.4, -0.2) is 6.67 Å². The molecular weight excluding hydrogens is 275 g/mol. The van der Waals surface area contributed by atoms with Gasteiger partial charge < -0.3 is 4.90 Å². The fourth-order valence-electron chi connectivity index (χ4n) is 1.97. The molecule has 2 heterocycles. The molecule has 5 heteroatoms. The molecule has 1 aliphatic rings. The molecule has 0 saturated carbocycles. The minimum atomic E-state index is 0.672. The standard InChI is InChI=1S/C12H10Cl2N2S/c13-12-6-10-11(17-12)7-15(8-16(10)14)9-4-2-1-3-5-9/h1-6H,7-8H2. The number of para-hydroxylation sites is 1. The predicted octanol–water partition coefficient (Wildman–Crippen LogP) is 4.34. The third kappa shape index (κ3) is 2.10. The van der Waals surface area contributed by atoms with Crippen molar-refractivity contribution in [1.82, 2.24) is 0 Å². The maximum absolute atomic E-state index is 6.24. The summed E-state index contributed by atoms with van der Waals surface area (Å²) in [6.45, 7) is 1.53. The van der Waals surface area contributed by atoms with Crippen LogP contribution in [0.15, 0.2) is 36.4 Å². The molecule has 0 fully saturated rings. The van der Waals surface area contributed by atoms with E-state index in [1.165, 1.54) is 10.6 Å². The van der Waals surface area contributed by atoms with Gasteiger partial charge in [-0.2, -0.15) is 0 Å².